The number of hydrogen-bond acceptors (Lipinski definition) is 9. The van der Waals surface area contributed by atoms with Gasteiger partial charge in [-0.15, -0.1) is 0 Å². The lowest BCUT2D eigenvalue weighted by Crippen LogP contribution is -2.45. The second kappa shape index (κ2) is 10.0. The van der Waals surface area contributed by atoms with Crippen molar-refractivity contribution >= 4 is 22.8 Å². The summed E-state index contributed by atoms with van der Waals surface area (Å²) in [5, 5.41) is 21.1. The van der Waals surface area contributed by atoms with Crippen molar-refractivity contribution < 1.29 is 24.5 Å². The molecule has 0 unspecified atom stereocenters. The minimum atomic E-state index is -0.459. The lowest BCUT2D eigenvalue weighted by Gasteiger charge is -2.32. The summed E-state index contributed by atoms with van der Waals surface area (Å²) in [7, 11) is 3.76. The Balaban J connectivity index is 1.51. The zero-order valence-corrected chi connectivity index (χ0v) is 21.8. The smallest absolute Gasteiger partial charge is 0.235 e. The number of aromatic nitrogens is 3. The lowest BCUT2D eigenvalue weighted by molar-refractivity contribution is 0.101. The van der Waals surface area contributed by atoms with E-state index in [1.54, 1.807) is 25.6 Å². The number of Topliss-reactive ketones (excluding diaryl/α,β-unsaturated/α-hetero) is 1. The van der Waals surface area contributed by atoms with Gasteiger partial charge in [-0.25, -0.2) is 9.97 Å². The molecule has 1 saturated heterocycles. The number of carbonyl (C=O) groups is 1. The zero-order chi connectivity index (χ0) is 27.1. The van der Waals surface area contributed by atoms with E-state index in [4.69, 9.17) is 9.47 Å². The SMILES string of the molecule is COc1ccc2c(c1)c(C=C1Oc3cc(O)cc(O)c3C1=O)c(-c1cncnc1)n2CCN1CCN(C)CC1. The van der Waals surface area contributed by atoms with Gasteiger partial charge < -0.3 is 29.2 Å². The van der Waals surface area contributed by atoms with Crippen LogP contribution in [-0.2, 0) is 6.54 Å². The molecule has 4 heterocycles. The molecule has 0 aliphatic carbocycles. The molecule has 6 rings (SSSR count). The van der Waals surface area contributed by atoms with E-state index in [9.17, 15) is 15.0 Å². The summed E-state index contributed by atoms with van der Waals surface area (Å²) in [4.78, 5) is 26.6. The highest BCUT2D eigenvalue weighted by atomic mass is 16.5. The predicted octanol–water partition coefficient (Wildman–Crippen LogP) is 3.38. The van der Waals surface area contributed by atoms with Crippen molar-refractivity contribution in [2.45, 2.75) is 6.54 Å². The predicted molar refractivity (Wildman–Crippen MR) is 146 cm³/mol. The first kappa shape index (κ1) is 24.9. The Labute approximate surface area is 225 Å². The minimum Gasteiger partial charge on any atom is -0.508 e. The topological polar surface area (TPSA) is 113 Å². The van der Waals surface area contributed by atoms with Crippen molar-refractivity contribution in [2.75, 3.05) is 46.9 Å². The van der Waals surface area contributed by atoms with E-state index in [-0.39, 0.29) is 28.6 Å². The molecule has 2 aromatic heterocycles. The first-order valence-electron chi connectivity index (χ1n) is 12.8. The van der Waals surface area contributed by atoms with Crippen molar-refractivity contribution in [3.05, 3.63) is 65.9 Å². The molecule has 0 bridgehead atoms. The minimum absolute atomic E-state index is 0.0278. The number of carbonyl (C=O) groups excluding carboxylic acids is 1. The molecule has 2 aromatic carbocycles. The summed E-state index contributed by atoms with van der Waals surface area (Å²) in [6, 6.07) is 8.33. The second-order valence-corrected chi connectivity index (χ2v) is 9.85. The summed E-state index contributed by atoms with van der Waals surface area (Å²) in [5.74, 6) is -0.133. The van der Waals surface area contributed by atoms with Gasteiger partial charge in [0.15, 0.2) is 5.76 Å². The summed E-state index contributed by atoms with van der Waals surface area (Å²) in [6.45, 7) is 5.63. The van der Waals surface area contributed by atoms with E-state index < -0.39 is 5.78 Å². The van der Waals surface area contributed by atoms with Crippen LogP contribution in [0, 0.1) is 0 Å². The third-order valence-corrected chi connectivity index (χ3v) is 7.39. The molecule has 10 heteroatoms. The number of phenolic OH excluding ortho intramolecular Hbond substituents is 2. The zero-order valence-electron chi connectivity index (χ0n) is 21.8. The van der Waals surface area contributed by atoms with Gasteiger partial charge in [0.05, 0.1) is 12.8 Å². The van der Waals surface area contributed by atoms with Gasteiger partial charge in [-0.05, 0) is 31.3 Å². The molecule has 0 saturated carbocycles. The van der Waals surface area contributed by atoms with E-state index in [0.717, 1.165) is 66.5 Å². The number of likely N-dealkylation sites (N-methyl/N-ethyl adjacent to an activating group) is 1. The molecule has 0 atom stereocenters. The maximum atomic E-state index is 13.3. The molecule has 2 N–H and O–H groups in total. The molecule has 2 aliphatic rings. The summed E-state index contributed by atoms with van der Waals surface area (Å²) in [5.41, 5.74) is 3.39. The fraction of sp³-hybridized carbons (Fsp3) is 0.276. The fourth-order valence-corrected chi connectivity index (χ4v) is 5.32. The van der Waals surface area contributed by atoms with E-state index in [0.29, 0.717) is 12.3 Å². The molecule has 0 amide bonds. The van der Waals surface area contributed by atoms with Crippen LogP contribution in [0.15, 0.2) is 54.8 Å². The highest BCUT2D eigenvalue weighted by Gasteiger charge is 2.32. The normalized spacial score (nSPS) is 17.1. The Morgan fingerprint density at radius 3 is 2.56 bits per heavy atom. The van der Waals surface area contributed by atoms with Crippen LogP contribution in [0.25, 0.3) is 28.2 Å². The average molecular weight is 528 g/mol. The number of methoxy groups -OCH3 is 1. The van der Waals surface area contributed by atoms with Crippen LogP contribution < -0.4 is 9.47 Å². The van der Waals surface area contributed by atoms with E-state index in [2.05, 4.69) is 31.4 Å². The largest absolute Gasteiger partial charge is 0.508 e. The fourth-order valence-electron chi connectivity index (χ4n) is 5.32. The number of benzene rings is 2. The van der Waals surface area contributed by atoms with Gasteiger partial charge in [-0.1, -0.05) is 0 Å². The van der Waals surface area contributed by atoms with Crippen LogP contribution in [0.5, 0.6) is 23.0 Å². The van der Waals surface area contributed by atoms with Gasteiger partial charge in [0.2, 0.25) is 5.78 Å². The van der Waals surface area contributed by atoms with E-state index in [1.165, 1.54) is 12.4 Å². The lowest BCUT2D eigenvalue weighted by atomic mass is 10.0. The van der Waals surface area contributed by atoms with Crippen LogP contribution in [0.1, 0.15) is 15.9 Å². The number of allylic oxidation sites excluding steroid dienone is 1. The average Bonchev–Trinajstić information content (AvgIpc) is 3.42. The molecule has 2 aliphatic heterocycles. The van der Waals surface area contributed by atoms with Gasteiger partial charge in [-0.2, -0.15) is 0 Å². The van der Waals surface area contributed by atoms with Crippen LogP contribution in [-0.4, -0.2) is 87.2 Å². The summed E-state index contributed by atoms with van der Waals surface area (Å²) >= 11 is 0. The van der Waals surface area contributed by atoms with Crippen molar-refractivity contribution in [3.8, 4) is 34.3 Å². The van der Waals surface area contributed by atoms with E-state index >= 15 is 0 Å². The standard InChI is InChI=1S/C29H29N5O5/c1-32-5-7-33(8-6-32)9-10-34-23-4-3-20(38-2)13-21(23)22(28(34)18-15-30-17-31-16-18)14-26-29(37)27-24(36)11-19(35)12-25(27)39-26/h3-4,11-17,35-36H,5-10H2,1-2H3. The number of hydrogen-bond donors (Lipinski definition) is 2. The molecule has 4 aromatic rings. The number of ketones is 1. The van der Waals surface area contributed by atoms with Crippen LogP contribution in [0.2, 0.25) is 0 Å². The number of rotatable bonds is 6. The Hall–Kier alpha value is -4.41. The highest BCUT2D eigenvalue weighted by molar-refractivity contribution is 6.17. The first-order chi connectivity index (χ1) is 18.9. The van der Waals surface area contributed by atoms with Crippen molar-refractivity contribution in [3.63, 3.8) is 0 Å². The monoisotopic (exact) mass is 527 g/mol. The van der Waals surface area contributed by atoms with Crippen LogP contribution in [0.3, 0.4) is 0 Å². The molecule has 1 fully saturated rings. The quantitative estimate of drug-likeness (QED) is 0.364. The second-order valence-electron chi connectivity index (χ2n) is 9.85. The number of piperazine rings is 1. The van der Waals surface area contributed by atoms with Gasteiger partial charge in [0, 0.05) is 85.8 Å². The van der Waals surface area contributed by atoms with Crippen LogP contribution >= 0.6 is 0 Å². The molecule has 10 nitrogen and oxygen atoms in total. The first-order valence-corrected chi connectivity index (χ1v) is 12.8. The maximum Gasteiger partial charge on any atom is 0.235 e. The molecule has 200 valence electrons. The maximum absolute atomic E-state index is 13.3. The third-order valence-electron chi connectivity index (χ3n) is 7.39. The number of fused-ring (bicyclic) bond motifs is 2. The van der Waals surface area contributed by atoms with Crippen molar-refractivity contribution in [1.82, 2.24) is 24.3 Å². The third kappa shape index (κ3) is 4.58. The number of phenols is 2. The van der Waals surface area contributed by atoms with Crippen molar-refractivity contribution in [1.29, 1.82) is 0 Å². The molecule has 0 radical (unpaired) electrons. The summed E-state index contributed by atoms with van der Waals surface area (Å²) < 4.78 is 13.6. The molecular formula is C29H29N5O5. The Bertz CT molecular complexity index is 1590. The summed E-state index contributed by atoms with van der Waals surface area (Å²) in [6.07, 6.45) is 6.68. The van der Waals surface area contributed by atoms with Gasteiger partial charge in [0.1, 0.15) is 34.9 Å². The van der Waals surface area contributed by atoms with Gasteiger partial charge in [-0.3, -0.25) is 9.69 Å². The molecular weight excluding hydrogens is 498 g/mol. The molecule has 0 spiro atoms. The number of ether oxygens (including phenoxy) is 2. The number of aromatic hydroxyl groups is 2. The van der Waals surface area contributed by atoms with Gasteiger partial charge >= 0.3 is 0 Å². The van der Waals surface area contributed by atoms with Crippen LogP contribution in [0.4, 0.5) is 0 Å². The molecule has 39 heavy (non-hydrogen) atoms. The Morgan fingerprint density at radius 2 is 1.82 bits per heavy atom. The highest BCUT2D eigenvalue weighted by Crippen LogP contribution is 2.43. The number of nitrogens with zero attached hydrogens (tertiary/aromatic N) is 5. The Kier molecular flexibility index (Phi) is 6.41. The Morgan fingerprint density at radius 1 is 1.05 bits per heavy atom. The van der Waals surface area contributed by atoms with Crippen molar-refractivity contribution in [2.24, 2.45) is 0 Å². The van der Waals surface area contributed by atoms with E-state index in [1.807, 2.05) is 18.2 Å². The van der Waals surface area contributed by atoms with Gasteiger partial charge in [0.25, 0.3) is 0 Å².